The molecule has 4 nitrogen and oxygen atoms in total. The minimum Gasteiger partial charge on any atom is -0.460 e. The number of rotatable bonds is 3. The van der Waals surface area contributed by atoms with Crippen molar-refractivity contribution in [2.75, 3.05) is 6.61 Å². The zero-order valence-electron chi connectivity index (χ0n) is 12.3. The van der Waals surface area contributed by atoms with E-state index in [0.29, 0.717) is 23.8 Å². The van der Waals surface area contributed by atoms with E-state index in [2.05, 4.69) is 0 Å². The molecule has 0 saturated heterocycles. The van der Waals surface area contributed by atoms with Crippen molar-refractivity contribution in [1.82, 2.24) is 0 Å². The predicted molar refractivity (Wildman–Crippen MR) is 79.7 cm³/mol. The predicted octanol–water partition coefficient (Wildman–Crippen LogP) is 3.40. The Bertz CT molecular complexity index is 765. The molecule has 0 amide bonds. The van der Waals surface area contributed by atoms with Gasteiger partial charge in [0, 0.05) is 5.56 Å². The van der Waals surface area contributed by atoms with Crippen molar-refractivity contribution in [2.24, 2.45) is 5.92 Å². The van der Waals surface area contributed by atoms with Gasteiger partial charge in [-0.15, -0.1) is 0 Å². The van der Waals surface area contributed by atoms with Crippen molar-refractivity contribution in [3.8, 4) is 0 Å². The first-order valence-electron chi connectivity index (χ1n) is 7.40. The lowest BCUT2D eigenvalue weighted by Gasteiger charge is -2.11. The van der Waals surface area contributed by atoms with Gasteiger partial charge in [-0.05, 0) is 44.2 Å². The fraction of sp³-hybridized carbons (Fsp3) is 0.412. The number of hydrogen-bond donors (Lipinski definition) is 0. The van der Waals surface area contributed by atoms with E-state index < -0.39 is 12.1 Å². The normalized spacial score (nSPS) is 21.2. The van der Waals surface area contributed by atoms with Crippen LogP contribution in [0.2, 0.25) is 0 Å². The average molecular weight is 304 g/mol. The Kier molecular flexibility index (Phi) is 3.96. The molecule has 1 fully saturated rings. The van der Waals surface area contributed by atoms with E-state index in [1.165, 1.54) is 0 Å². The first-order chi connectivity index (χ1) is 10.6. The summed E-state index contributed by atoms with van der Waals surface area (Å²) in [7, 11) is 0. The number of halogens is 1. The van der Waals surface area contributed by atoms with E-state index in [9.17, 15) is 14.0 Å². The summed E-state index contributed by atoms with van der Waals surface area (Å²) in [5.74, 6) is -0.687. The van der Waals surface area contributed by atoms with Crippen LogP contribution >= 0.6 is 0 Å². The van der Waals surface area contributed by atoms with Gasteiger partial charge >= 0.3 is 5.97 Å². The minimum atomic E-state index is -0.802. The standard InChI is InChI=1S/C17H17FO4/c1-10-15(19)13-4-2-3-5-14(13)22-16(10)17(20)21-9-11-6-7-12(18)8-11/h2-5,11-12H,6-9H2,1H3. The van der Waals surface area contributed by atoms with Crippen molar-refractivity contribution in [3.05, 3.63) is 45.8 Å². The molecule has 0 bridgehead atoms. The summed E-state index contributed by atoms with van der Waals surface area (Å²) in [6, 6.07) is 6.76. The number of fused-ring (bicyclic) bond motifs is 1. The highest BCUT2D eigenvalue weighted by molar-refractivity contribution is 5.90. The molecule has 2 aromatic rings. The lowest BCUT2D eigenvalue weighted by Crippen LogP contribution is -2.17. The van der Waals surface area contributed by atoms with Crippen molar-refractivity contribution >= 4 is 16.9 Å². The topological polar surface area (TPSA) is 56.5 Å². The molecule has 0 spiro atoms. The van der Waals surface area contributed by atoms with Gasteiger partial charge in [0.05, 0.1) is 12.0 Å². The van der Waals surface area contributed by atoms with Gasteiger partial charge in [0.25, 0.3) is 0 Å². The maximum Gasteiger partial charge on any atom is 0.374 e. The molecule has 0 aliphatic heterocycles. The Balaban J connectivity index is 1.82. The zero-order valence-corrected chi connectivity index (χ0v) is 12.3. The molecule has 1 saturated carbocycles. The van der Waals surface area contributed by atoms with Crippen LogP contribution in [0.3, 0.4) is 0 Å². The van der Waals surface area contributed by atoms with Crippen LogP contribution < -0.4 is 5.43 Å². The van der Waals surface area contributed by atoms with Gasteiger partial charge in [0.2, 0.25) is 5.76 Å². The Labute approximate surface area is 126 Å². The van der Waals surface area contributed by atoms with Crippen LogP contribution in [0.4, 0.5) is 4.39 Å². The summed E-state index contributed by atoms with van der Waals surface area (Å²) in [5.41, 5.74) is 0.353. The summed E-state index contributed by atoms with van der Waals surface area (Å²) >= 11 is 0. The number of carbonyl (C=O) groups excluding carboxylic acids is 1. The van der Waals surface area contributed by atoms with Crippen LogP contribution in [0, 0.1) is 12.8 Å². The molecule has 1 aliphatic rings. The largest absolute Gasteiger partial charge is 0.460 e. The number of hydrogen-bond acceptors (Lipinski definition) is 4. The minimum absolute atomic E-state index is 0.0476. The SMILES string of the molecule is Cc1c(C(=O)OCC2CCC(F)C2)oc2ccccc2c1=O. The second-order valence-electron chi connectivity index (χ2n) is 5.76. The van der Waals surface area contributed by atoms with Gasteiger partial charge in [0.1, 0.15) is 11.8 Å². The van der Waals surface area contributed by atoms with Crippen LogP contribution in [0.1, 0.15) is 35.4 Å². The van der Waals surface area contributed by atoms with E-state index in [-0.39, 0.29) is 29.3 Å². The van der Waals surface area contributed by atoms with E-state index in [1.807, 2.05) is 0 Å². The van der Waals surface area contributed by atoms with Gasteiger partial charge in [-0.25, -0.2) is 9.18 Å². The molecule has 1 aromatic heterocycles. The summed E-state index contributed by atoms with van der Waals surface area (Å²) in [6.45, 7) is 1.71. The lowest BCUT2D eigenvalue weighted by atomic mass is 10.1. The number of ether oxygens (including phenoxy) is 1. The molecular formula is C17H17FO4. The summed E-state index contributed by atoms with van der Waals surface area (Å²) in [4.78, 5) is 24.4. The van der Waals surface area contributed by atoms with Crippen molar-refractivity contribution in [3.63, 3.8) is 0 Å². The molecule has 2 atom stereocenters. The monoisotopic (exact) mass is 304 g/mol. The van der Waals surface area contributed by atoms with Gasteiger partial charge in [0.15, 0.2) is 5.43 Å². The summed E-state index contributed by atoms with van der Waals surface area (Å²) in [5, 5.41) is 0.438. The average Bonchev–Trinajstić information content (AvgIpc) is 2.94. The third kappa shape index (κ3) is 2.75. The van der Waals surface area contributed by atoms with Crippen LogP contribution in [-0.4, -0.2) is 18.7 Å². The second kappa shape index (κ2) is 5.91. The fourth-order valence-corrected chi connectivity index (χ4v) is 2.85. The second-order valence-corrected chi connectivity index (χ2v) is 5.76. The summed E-state index contributed by atoms with van der Waals surface area (Å²) < 4.78 is 23.8. The molecule has 5 heteroatoms. The quantitative estimate of drug-likeness (QED) is 0.816. The van der Waals surface area contributed by atoms with Crippen LogP contribution in [0.5, 0.6) is 0 Å². The van der Waals surface area contributed by atoms with E-state index in [0.717, 1.165) is 6.42 Å². The maximum atomic E-state index is 13.1. The van der Waals surface area contributed by atoms with Gasteiger partial charge in [-0.3, -0.25) is 4.79 Å². The molecule has 2 unspecified atom stereocenters. The first kappa shape index (κ1) is 14.8. The number of esters is 1. The Hall–Kier alpha value is -2.17. The molecule has 22 heavy (non-hydrogen) atoms. The van der Waals surface area contributed by atoms with E-state index >= 15 is 0 Å². The van der Waals surface area contributed by atoms with Gasteiger partial charge < -0.3 is 9.15 Å². The molecule has 116 valence electrons. The molecule has 1 aliphatic carbocycles. The number of alkyl halides is 1. The third-order valence-corrected chi connectivity index (χ3v) is 4.14. The number of para-hydroxylation sites is 1. The van der Waals surface area contributed by atoms with Gasteiger partial charge in [-0.2, -0.15) is 0 Å². The molecular weight excluding hydrogens is 287 g/mol. The summed E-state index contributed by atoms with van der Waals surface area (Å²) in [6.07, 6.45) is 0.860. The first-order valence-corrected chi connectivity index (χ1v) is 7.40. The fourth-order valence-electron chi connectivity index (χ4n) is 2.85. The highest BCUT2D eigenvalue weighted by Crippen LogP contribution is 2.28. The Morgan fingerprint density at radius 2 is 2.14 bits per heavy atom. The van der Waals surface area contributed by atoms with Gasteiger partial charge in [-0.1, -0.05) is 12.1 Å². The maximum absolute atomic E-state index is 13.1. The van der Waals surface area contributed by atoms with Crippen molar-refractivity contribution in [1.29, 1.82) is 0 Å². The number of carbonyl (C=O) groups is 1. The van der Waals surface area contributed by atoms with Crippen molar-refractivity contribution in [2.45, 2.75) is 32.4 Å². The van der Waals surface area contributed by atoms with Crippen LogP contribution in [-0.2, 0) is 4.74 Å². The zero-order chi connectivity index (χ0) is 15.7. The molecule has 0 radical (unpaired) electrons. The Morgan fingerprint density at radius 1 is 1.36 bits per heavy atom. The third-order valence-electron chi connectivity index (χ3n) is 4.14. The molecule has 1 aromatic carbocycles. The van der Waals surface area contributed by atoms with Crippen LogP contribution in [0.25, 0.3) is 11.0 Å². The van der Waals surface area contributed by atoms with E-state index in [1.54, 1.807) is 31.2 Å². The highest BCUT2D eigenvalue weighted by Gasteiger charge is 2.26. The number of benzene rings is 1. The Morgan fingerprint density at radius 3 is 2.86 bits per heavy atom. The smallest absolute Gasteiger partial charge is 0.374 e. The molecule has 3 rings (SSSR count). The molecule has 1 heterocycles. The highest BCUT2D eigenvalue weighted by atomic mass is 19.1. The van der Waals surface area contributed by atoms with Crippen molar-refractivity contribution < 1.29 is 18.3 Å². The molecule has 0 N–H and O–H groups in total. The van der Waals surface area contributed by atoms with Crippen LogP contribution in [0.15, 0.2) is 33.5 Å². The van der Waals surface area contributed by atoms with E-state index in [4.69, 9.17) is 9.15 Å². The lowest BCUT2D eigenvalue weighted by molar-refractivity contribution is 0.0401.